The van der Waals surface area contributed by atoms with E-state index in [-0.39, 0.29) is 30.5 Å². The second-order valence-corrected chi connectivity index (χ2v) is 10.8. The van der Waals surface area contributed by atoms with Gasteiger partial charge in [-0.25, -0.2) is 0 Å². The monoisotopic (exact) mass is 494 g/mol. The van der Waals surface area contributed by atoms with E-state index < -0.39 is 11.6 Å². The zero-order valence-corrected chi connectivity index (χ0v) is 21.9. The van der Waals surface area contributed by atoms with Crippen LogP contribution in [-0.4, -0.2) is 60.4 Å². The van der Waals surface area contributed by atoms with Gasteiger partial charge < -0.3 is 25.2 Å². The van der Waals surface area contributed by atoms with Crippen LogP contribution in [0.5, 0.6) is 0 Å². The summed E-state index contributed by atoms with van der Waals surface area (Å²) < 4.78 is 11.4. The van der Waals surface area contributed by atoms with Crippen molar-refractivity contribution in [1.29, 1.82) is 0 Å². The van der Waals surface area contributed by atoms with Crippen LogP contribution in [0.3, 0.4) is 0 Å². The summed E-state index contributed by atoms with van der Waals surface area (Å²) in [6.45, 7) is 7.38. The van der Waals surface area contributed by atoms with Gasteiger partial charge in [-0.2, -0.15) is 0 Å². The zero-order chi connectivity index (χ0) is 25.7. The Labute approximate surface area is 210 Å². The molecule has 35 heavy (non-hydrogen) atoms. The van der Waals surface area contributed by atoms with Gasteiger partial charge in [0.05, 0.1) is 18.8 Å². The fourth-order valence-electron chi connectivity index (χ4n) is 4.98. The average Bonchev–Trinajstić information content (AvgIpc) is 3.37. The van der Waals surface area contributed by atoms with Crippen molar-refractivity contribution >= 4 is 17.8 Å². The number of allylic oxidation sites excluding steroid dienone is 2. The highest BCUT2D eigenvalue weighted by molar-refractivity contribution is 5.78. The van der Waals surface area contributed by atoms with Crippen LogP contribution in [0.25, 0.3) is 0 Å². The third kappa shape index (κ3) is 12.0. The number of carbonyl (C=O) groups excluding carboxylic acids is 2. The van der Waals surface area contributed by atoms with Gasteiger partial charge in [0.25, 0.3) is 0 Å². The summed E-state index contributed by atoms with van der Waals surface area (Å²) in [5.41, 5.74) is -0.422. The second kappa shape index (κ2) is 15.2. The Balaban J connectivity index is 1.53. The highest BCUT2D eigenvalue weighted by Crippen LogP contribution is 2.44. The molecule has 1 amide bonds. The lowest BCUT2D eigenvalue weighted by Gasteiger charge is -2.27. The van der Waals surface area contributed by atoms with E-state index in [1.807, 2.05) is 20.8 Å². The van der Waals surface area contributed by atoms with Crippen molar-refractivity contribution < 1.29 is 29.0 Å². The number of carboxylic acids is 1. The van der Waals surface area contributed by atoms with E-state index in [9.17, 15) is 14.4 Å². The molecule has 0 aromatic heterocycles. The molecule has 8 heteroatoms. The summed E-state index contributed by atoms with van der Waals surface area (Å²) >= 11 is 0. The van der Waals surface area contributed by atoms with Crippen LogP contribution in [0, 0.1) is 11.8 Å². The number of carbonyl (C=O) groups is 3. The zero-order valence-electron chi connectivity index (χ0n) is 21.9. The smallest absolute Gasteiger partial charge is 0.306 e. The number of amides is 1. The SMILES string of the molecule is CC(C)(C)OC(=O)CCCCCCNCC(=O)NC[C@H]1[C@@H](CC=CCCCC(=O)O)[C@H]2CC[C@@H]1O2. The third-order valence-electron chi connectivity index (χ3n) is 6.65. The Hall–Kier alpha value is -1.93. The predicted molar refractivity (Wildman–Crippen MR) is 135 cm³/mol. The molecule has 2 heterocycles. The molecule has 2 fully saturated rings. The van der Waals surface area contributed by atoms with Crippen molar-refractivity contribution in [2.75, 3.05) is 19.6 Å². The van der Waals surface area contributed by atoms with Gasteiger partial charge in [0.1, 0.15) is 5.60 Å². The third-order valence-corrected chi connectivity index (χ3v) is 6.65. The van der Waals surface area contributed by atoms with Gasteiger partial charge in [-0.1, -0.05) is 25.0 Å². The number of unbranched alkanes of at least 4 members (excludes halogenated alkanes) is 4. The van der Waals surface area contributed by atoms with Gasteiger partial charge in [0, 0.05) is 25.3 Å². The number of carboxylic acid groups (broad SMARTS) is 1. The molecule has 2 saturated heterocycles. The van der Waals surface area contributed by atoms with Gasteiger partial charge in [0.15, 0.2) is 0 Å². The first-order valence-corrected chi connectivity index (χ1v) is 13.4. The van der Waals surface area contributed by atoms with E-state index in [2.05, 4.69) is 22.8 Å². The lowest BCUT2D eigenvalue weighted by Crippen LogP contribution is -2.41. The molecule has 2 aliphatic rings. The highest BCUT2D eigenvalue weighted by atomic mass is 16.6. The normalized spacial score (nSPS) is 23.6. The van der Waals surface area contributed by atoms with Crippen LogP contribution >= 0.6 is 0 Å². The quantitative estimate of drug-likeness (QED) is 0.159. The Morgan fingerprint density at radius 2 is 1.69 bits per heavy atom. The Bertz CT molecular complexity index is 702. The highest BCUT2D eigenvalue weighted by Gasteiger charge is 2.47. The molecular weight excluding hydrogens is 448 g/mol. The van der Waals surface area contributed by atoms with Gasteiger partial charge >= 0.3 is 11.9 Å². The molecule has 0 spiro atoms. The number of rotatable bonds is 17. The number of esters is 1. The summed E-state index contributed by atoms with van der Waals surface area (Å²) in [6, 6.07) is 0. The van der Waals surface area contributed by atoms with Crippen LogP contribution in [0.4, 0.5) is 0 Å². The summed E-state index contributed by atoms with van der Waals surface area (Å²) in [4.78, 5) is 34.6. The Kier molecular flexibility index (Phi) is 12.8. The standard InChI is InChI=1S/C27H46N2O6/c1-27(2,3)35-26(33)14-10-6-7-11-17-28-19-24(30)29-18-21-20(22-15-16-23(21)34-22)12-8-4-5-9-13-25(31)32/h4,8,20-23,28H,5-7,9-19H2,1-3H3,(H,29,30)(H,31,32)/t20-,21+,22-,23+/m1/s1. The molecular formula is C27H46N2O6. The van der Waals surface area contributed by atoms with Crippen LogP contribution in [0.1, 0.15) is 91.4 Å². The Morgan fingerprint density at radius 1 is 0.971 bits per heavy atom. The molecule has 2 bridgehead atoms. The fourth-order valence-corrected chi connectivity index (χ4v) is 4.98. The predicted octanol–water partition coefficient (Wildman–Crippen LogP) is 3.98. The van der Waals surface area contributed by atoms with Crippen molar-refractivity contribution in [3.63, 3.8) is 0 Å². The molecule has 0 aromatic carbocycles. The molecule has 2 aliphatic heterocycles. The van der Waals surface area contributed by atoms with Crippen LogP contribution < -0.4 is 10.6 Å². The minimum absolute atomic E-state index is 0.0145. The van der Waals surface area contributed by atoms with Crippen molar-refractivity contribution in [2.24, 2.45) is 11.8 Å². The fraction of sp³-hybridized carbons (Fsp3) is 0.815. The molecule has 0 radical (unpaired) electrons. The Morgan fingerprint density at radius 3 is 2.40 bits per heavy atom. The number of aliphatic carboxylic acids is 1. The topological polar surface area (TPSA) is 114 Å². The van der Waals surface area contributed by atoms with Crippen LogP contribution in [0.15, 0.2) is 12.2 Å². The molecule has 4 atom stereocenters. The maximum absolute atomic E-state index is 12.3. The van der Waals surface area contributed by atoms with Gasteiger partial charge in [-0.05, 0) is 78.2 Å². The van der Waals surface area contributed by atoms with Gasteiger partial charge in [0.2, 0.25) is 5.91 Å². The van der Waals surface area contributed by atoms with Gasteiger partial charge in [-0.15, -0.1) is 0 Å². The molecule has 0 aromatic rings. The van der Waals surface area contributed by atoms with Crippen molar-refractivity contribution in [2.45, 2.75) is 109 Å². The number of hydrogen-bond acceptors (Lipinski definition) is 6. The van der Waals surface area contributed by atoms with E-state index in [1.54, 1.807) is 0 Å². The summed E-state index contributed by atoms with van der Waals surface area (Å²) in [5.74, 6) is -0.118. The van der Waals surface area contributed by atoms with E-state index in [4.69, 9.17) is 14.6 Å². The van der Waals surface area contributed by atoms with Crippen molar-refractivity contribution in [3.05, 3.63) is 12.2 Å². The first-order chi connectivity index (χ1) is 16.7. The minimum atomic E-state index is -0.750. The number of hydrogen-bond donors (Lipinski definition) is 3. The first kappa shape index (κ1) is 29.3. The molecule has 200 valence electrons. The largest absolute Gasteiger partial charge is 0.481 e. The van der Waals surface area contributed by atoms with Crippen molar-refractivity contribution in [3.8, 4) is 0 Å². The molecule has 0 saturated carbocycles. The second-order valence-electron chi connectivity index (χ2n) is 10.8. The summed E-state index contributed by atoms with van der Waals surface area (Å²) in [7, 11) is 0. The molecule has 8 nitrogen and oxygen atoms in total. The summed E-state index contributed by atoms with van der Waals surface area (Å²) in [6.07, 6.45) is 13.7. The number of ether oxygens (including phenoxy) is 2. The van der Waals surface area contributed by atoms with E-state index >= 15 is 0 Å². The molecule has 0 unspecified atom stereocenters. The molecule has 3 N–H and O–H groups in total. The number of fused-ring (bicyclic) bond motifs is 2. The van der Waals surface area contributed by atoms with Crippen molar-refractivity contribution in [1.82, 2.24) is 10.6 Å². The first-order valence-electron chi connectivity index (χ1n) is 13.4. The molecule has 2 rings (SSSR count). The maximum Gasteiger partial charge on any atom is 0.306 e. The van der Waals surface area contributed by atoms with E-state index in [0.717, 1.165) is 57.9 Å². The lowest BCUT2D eigenvalue weighted by molar-refractivity contribution is -0.155. The van der Waals surface area contributed by atoms with Crippen LogP contribution in [0.2, 0.25) is 0 Å². The van der Waals surface area contributed by atoms with E-state index in [0.29, 0.717) is 37.8 Å². The average molecular weight is 495 g/mol. The molecule has 0 aliphatic carbocycles. The maximum atomic E-state index is 12.3. The van der Waals surface area contributed by atoms with Gasteiger partial charge in [-0.3, -0.25) is 14.4 Å². The number of nitrogens with one attached hydrogen (secondary N) is 2. The minimum Gasteiger partial charge on any atom is -0.481 e. The summed E-state index contributed by atoms with van der Waals surface area (Å²) in [5, 5.41) is 15.0. The van der Waals surface area contributed by atoms with E-state index in [1.165, 1.54) is 0 Å². The lowest BCUT2D eigenvalue weighted by atomic mass is 9.77. The van der Waals surface area contributed by atoms with Crippen LogP contribution in [-0.2, 0) is 23.9 Å².